The fourth-order valence-electron chi connectivity index (χ4n) is 5.47. The Labute approximate surface area is 216 Å². The average molecular weight is 516 g/mol. The standard InChI is InChI=1S/C29H25NO8/c1-15(31)35-24-14-34-29(28(37-17(3)33)27(24)36-16(2)32)30-22-10-6-4-8-18(22)20-12-13-21-19-9-5-7-11-23(19)38-26(21)25(20)30/h4-13,24,27-29H,14H2,1-3H3/t24-,27+,28-,29-/m1/s1. The molecule has 1 aliphatic heterocycles. The highest BCUT2D eigenvalue weighted by Crippen LogP contribution is 2.42. The van der Waals surface area contributed by atoms with Crippen LogP contribution in [0.4, 0.5) is 0 Å². The van der Waals surface area contributed by atoms with Crippen LogP contribution in [-0.4, -0.2) is 47.4 Å². The van der Waals surface area contributed by atoms with Gasteiger partial charge in [0.2, 0.25) is 0 Å². The first-order chi connectivity index (χ1) is 18.3. The van der Waals surface area contributed by atoms with Gasteiger partial charge in [-0.15, -0.1) is 0 Å². The fraction of sp³-hybridized carbons (Fsp3) is 0.276. The first-order valence-corrected chi connectivity index (χ1v) is 12.3. The van der Waals surface area contributed by atoms with Crippen molar-refractivity contribution in [3.63, 3.8) is 0 Å². The zero-order valence-corrected chi connectivity index (χ0v) is 21.0. The Morgan fingerprint density at radius 3 is 2.11 bits per heavy atom. The molecule has 0 amide bonds. The number of aromatic nitrogens is 1. The van der Waals surface area contributed by atoms with Gasteiger partial charge >= 0.3 is 17.9 Å². The van der Waals surface area contributed by atoms with Crippen LogP contribution in [-0.2, 0) is 33.3 Å². The average Bonchev–Trinajstić information content (AvgIpc) is 3.41. The zero-order valence-electron chi connectivity index (χ0n) is 21.0. The fourth-order valence-corrected chi connectivity index (χ4v) is 5.47. The second kappa shape index (κ2) is 9.18. The van der Waals surface area contributed by atoms with Crippen LogP contribution in [0.25, 0.3) is 43.7 Å². The summed E-state index contributed by atoms with van der Waals surface area (Å²) < 4.78 is 31.3. The van der Waals surface area contributed by atoms with Crippen molar-refractivity contribution in [3.05, 3.63) is 60.7 Å². The Hall–Kier alpha value is -4.37. The van der Waals surface area contributed by atoms with E-state index < -0.39 is 42.4 Å². The van der Waals surface area contributed by atoms with Gasteiger partial charge in [-0.05, 0) is 18.2 Å². The van der Waals surface area contributed by atoms with E-state index in [1.54, 1.807) is 0 Å². The van der Waals surface area contributed by atoms with Gasteiger partial charge in [-0.3, -0.25) is 14.4 Å². The predicted molar refractivity (Wildman–Crippen MR) is 138 cm³/mol. The zero-order chi connectivity index (χ0) is 26.6. The van der Waals surface area contributed by atoms with Gasteiger partial charge in [0.15, 0.2) is 30.1 Å². The number of fused-ring (bicyclic) bond motifs is 7. The molecule has 0 saturated carbocycles. The van der Waals surface area contributed by atoms with E-state index in [0.29, 0.717) is 5.58 Å². The Bertz CT molecular complexity index is 1730. The molecular formula is C29H25NO8. The molecule has 194 valence electrons. The quantitative estimate of drug-likeness (QED) is 0.243. The number of rotatable bonds is 4. The summed E-state index contributed by atoms with van der Waals surface area (Å²) in [6.07, 6.45) is -4.09. The maximum Gasteiger partial charge on any atom is 0.303 e. The number of ether oxygens (including phenoxy) is 4. The van der Waals surface area contributed by atoms with Crippen LogP contribution < -0.4 is 0 Å². The number of esters is 3. The van der Waals surface area contributed by atoms with Crippen LogP contribution in [0.5, 0.6) is 0 Å². The van der Waals surface area contributed by atoms with Gasteiger partial charge in [0.1, 0.15) is 5.58 Å². The Kier molecular flexibility index (Phi) is 5.80. The Morgan fingerprint density at radius 2 is 1.37 bits per heavy atom. The van der Waals surface area contributed by atoms with E-state index in [0.717, 1.165) is 38.2 Å². The number of hydrogen-bond acceptors (Lipinski definition) is 8. The summed E-state index contributed by atoms with van der Waals surface area (Å²) in [7, 11) is 0. The molecular weight excluding hydrogens is 490 g/mol. The highest BCUT2D eigenvalue weighted by molar-refractivity contribution is 6.20. The molecule has 4 atom stereocenters. The molecule has 3 heterocycles. The molecule has 38 heavy (non-hydrogen) atoms. The molecule has 1 aliphatic rings. The number of para-hydroxylation sites is 2. The molecule has 0 aliphatic carbocycles. The molecule has 0 radical (unpaired) electrons. The number of carbonyl (C=O) groups is 3. The molecule has 6 rings (SSSR count). The molecule has 1 saturated heterocycles. The van der Waals surface area contributed by atoms with Crippen molar-refractivity contribution < 1.29 is 37.7 Å². The maximum absolute atomic E-state index is 12.3. The van der Waals surface area contributed by atoms with E-state index in [4.69, 9.17) is 23.4 Å². The molecule has 0 bridgehead atoms. The summed E-state index contributed by atoms with van der Waals surface area (Å²) in [5.74, 6) is -1.78. The molecule has 0 spiro atoms. The molecule has 0 N–H and O–H groups in total. The van der Waals surface area contributed by atoms with Crippen LogP contribution in [0.2, 0.25) is 0 Å². The summed E-state index contributed by atoms with van der Waals surface area (Å²) in [5.41, 5.74) is 2.94. The molecule has 9 nitrogen and oxygen atoms in total. The third-order valence-electron chi connectivity index (χ3n) is 6.79. The molecule has 9 heteroatoms. The Morgan fingerprint density at radius 1 is 0.737 bits per heavy atom. The van der Waals surface area contributed by atoms with Gasteiger partial charge in [-0.2, -0.15) is 0 Å². The minimum atomic E-state index is -1.12. The number of furan rings is 1. The summed E-state index contributed by atoms with van der Waals surface area (Å²) in [6.45, 7) is 3.69. The van der Waals surface area contributed by atoms with Crippen LogP contribution in [0.15, 0.2) is 65.1 Å². The summed E-state index contributed by atoms with van der Waals surface area (Å²) in [4.78, 5) is 36.2. The van der Waals surface area contributed by atoms with Gasteiger partial charge in [0, 0.05) is 42.3 Å². The first-order valence-electron chi connectivity index (χ1n) is 12.3. The van der Waals surface area contributed by atoms with Crippen molar-refractivity contribution in [3.8, 4) is 0 Å². The van der Waals surface area contributed by atoms with E-state index in [-0.39, 0.29) is 6.61 Å². The lowest BCUT2D eigenvalue weighted by Crippen LogP contribution is -2.55. The monoisotopic (exact) mass is 515 g/mol. The smallest absolute Gasteiger partial charge is 0.303 e. The Balaban J connectivity index is 1.63. The lowest BCUT2D eigenvalue weighted by molar-refractivity contribution is -0.238. The molecule has 0 unspecified atom stereocenters. The van der Waals surface area contributed by atoms with E-state index in [1.807, 2.05) is 65.2 Å². The summed E-state index contributed by atoms with van der Waals surface area (Å²) >= 11 is 0. The predicted octanol–water partition coefficient (Wildman–Crippen LogP) is 5.02. The number of carbonyl (C=O) groups excluding carboxylic acids is 3. The number of hydrogen-bond donors (Lipinski definition) is 0. The van der Waals surface area contributed by atoms with Crippen LogP contribution in [0, 0.1) is 0 Å². The second-order valence-electron chi connectivity index (χ2n) is 9.34. The van der Waals surface area contributed by atoms with Crippen molar-refractivity contribution in [1.82, 2.24) is 4.57 Å². The lowest BCUT2D eigenvalue weighted by Gasteiger charge is -2.41. The van der Waals surface area contributed by atoms with Gasteiger partial charge in [-0.1, -0.05) is 42.5 Å². The SMILES string of the molecule is CC(=O)O[C@@H]1[C@@H](OC(C)=O)[C@H](OC(C)=O)CO[C@H]1n1c2ccccc2c2ccc3c4ccccc4oc3c21. The van der Waals surface area contributed by atoms with Crippen molar-refractivity contribution >= 4 is 61.7 Å². The molecule has 5 aromatic rings. The summed E-state index contributed by atoms with van der Waals surface area (Å²) in [6, 6.07) is 19.6. The number of benzene rings is 3. The normalized spacial score (nSPS) is 21.7. The van der Waals surface area contributed by atoms with Crippen molar-refractivity contribution in [2.75, 3.05) is 6.61 Å². The van der Waals surface area contributed by atoms with Crippen molar-refractivity contribution in [2.45, 2.75) is 45.3 Å². The molecule has 2 aromatic heterocycles. The topological polar surface area (TPSA) is 106 Å². The van der Waals surface area contributed by atoms with Crippen LogP contribution in [0.3, 0.4) is 0 Å². The van der Waals surface area contributed by atoms with Gasteiger partial charge in [0.05, 0.1) is 17.6 Å². The van der Waals surface area contributed by atoms with Crippen LogP contribution >= 0.6 is 0 Å². The number of nitrogens with zero attached hydrogens (tertiary/aromatic N) is 1. The largest absolute Gasteiger partial charge is 0.456 e. The van der Waals surface area contributed by atoms with Gasteiger partial charge in [-0.25, -0.2) is 0 Å². The van der Waals surface area contributed by atoms with Crippen molar-refractivity contribution in [2.24, 2.45) is 0 Å². The van der Waals surface area contributed by atoms with E-state index in [2.05, 4.69) is 0 Å². The summed E-state index contributed by atoms with van der Waals surface area (Å²) in [5, 5.41) is 3.76. The van der Waals surface area contributed by atoms with Gasteiger partial charge < -0.3 is 27.9 Å². The maximum atomic E-state index is 12.3. The second-order valence-corrected chi connectivity index (χ2v) is 9.34. The van der Waals surface area contributed by atoms with Crippen molar-refractivity contribution in [1.29, 1.82) is 0 Å². The van der Waals surface area contributed by atoms with E-state index >= 15 is 0 Å². The molecule has 1 fully saturated rings. The third kappa shape index (κ3) is 3.86. The highest BCUT2D eigenvalue weighted by atomic mass is 16.6. The van der Waals surface area contributed by atoms with E-state index in [1.165, 1.54) is 20.8 Å². The minimum absolute atomic E-state index is 0.0793. The van der Waals surface area contributed by atoms with Gasteiger partial charge in [0.25, 0.3) is 0 Å². The first kappa shape index (κ1) is 24.0. The van der Waals surface area contributed by atoms with Crippen LogP contribution in [0.1, 0.15) is 27.0 Å². The molecule has 3 aromatic carbocycles. The minimum Gasteiger partial charge on any atom is -0.456 e. The lowest BCUT2D eigenvalue weighted by atomic mass is 10.0. The third-order valence-corrected chi connectivity index (χ3v) is 6.79. The highest BCUT2D eigenvalue weighted by Gasteiger charge is 2.48. The van der Waals surface area contributed by atoms with E-state index in [9.17, 15) is 14.4 Å².